The van der Waals surface area contributed by atoms with E-state index in [9.17, 15) is 0 Å². The average Bonchev–Trinajstić information content (AvgIpc) is 3.15. The second kappa shape index (κ2) is 4.88. The molecule has 110 valence electrons. The molecule has 3 rings (SSSR count). The van der Waals surface area contributed by atoms with E-state index in [0.29, 0.717) is 23.7 Å². The number of nitrogens with zero attached hydrogens (tertiary/aromatic N) is 4. The molecule has 1 aromatic rings. The van der Waals surface area contributed by atoms with E-state index < -0.39 is 0 Å². The van der Waals surface area contributed by atoms with Gasteiger partial charge in [-0.05, 0) is 39.8 Å². The summed E-state index contributed by atoms with van der Waals surface area (Å²) in [5, 5.41) is 0. The second-order valence-corrected chi connectivity index (χ2v) is 6.60. The van der Waals surface area contributed by atoms with Crippen LogP contribution in [-0.2, 0) is 0 Å². The normalized spacial score (nSPS) is 26.6. The molecule has 1 aliphatic heterocycles. The largest absolute Gasteiger partial charge is 0.383 e. The van der Waals surface area contributed by atoms with Gasteiger partial charge in [-0.25, -0.2) is 9.97 Å². The Morgan fingerprint density at radius 3 is 2.45 bits per heavy atom. The molecule has 1 saturated heterocycles. The van der Waals surface area contributed by atoms with Gasteiger partial charge in [0.2, 0.25) is 0 Å². The van der Waals surface area contributed by atoms with Crippen molar-refractivity contribution in [3.05, 3.63) is 11.4 Å². The quantitative estimate of drug-likeness (QED) is 0.908. The molecule has 2 aliphatic rings. The predicted molar refractivity (Wildman–Crippen MR) is 82.0 cm³/mol. The molecule has 1 saturated carbocycles. The smallest absolute Gasteiger partial charge is 0.137 e. The number of hydrogen-bond acceptors (Lipinski definition) is 5. The van der Waals surface area contributed by atoms with E-state index in [4.69, 9.17) is 10.7 Å². The van der Waals surface area contributed by atoms with Crippen LogP contribution >= 0.6 is 0 Å². The fourth-order valence-electron chi connectivity index (χ4n) is 3.17. The van der Waals surface area contributed by atoms with Crippen molar-refractivity contribution in [3.8, 4) is 0 Å². The molecule has 5 heteroatoms. The molecule has 0 aromatic carbocycles. The van der Waals surface area contributed by atoms with Gasteiger partial charge in [0.15, 0.2) is 0 Å². The third kappa shape index (κ3) is 2.35. The topological polar surface area (TPSA) is 58.3 Å². The Balaban J connectivity index is 1.90. The van der Waals surface area contributed by atoms with Crippen LogP contribution in [0.3, 0.4) is 0 Å². The number of anilines is 2. The SMILES string of the molecule is Cc1c(N)nc(C2CC2)nc1N1CC(C)C(N(C)C)C1. The maximum atomic E-state index is 6.10. The van der Waals surface area contributed by atoms with Crippen LogP contribution in [-0.4, -0.2) is 48.1 Å². The van der Waals surface area contributed by atoms with Crippen LogP contribution in [0.2, 0.25) is 0 Å². The van der Waals surface area contributed by atoms with Gasteiger partial charge in [-0.2, -0.15) is 0 Å². The molecule has 0 amide bonds. The highest BCUT2D eigenvalue weighted by Gasteiger charge is 2.34. The number of likely N-dealkylation sites (N-methyl/N-ethyl adjacent to an activating group) is 1. The van der Waals surface area contributed by atoms with Crippen LogP contribution in [0.25, 0.3) is 0 Å². The van der Waals surface area contributed by atoms with Crippen molar-refractivity contribution < 1.29 is 0 Å². The Kier molecular flexibility index (Phi) is 3.32. The highest BCUT2D eigenvalue weighted by molar-refractivity contribution is 5.57. The first-order valence-electron chi connectivity index (χ1n) is 7.52. The number of hydrogen-bond donors (Lipinski definition) is 1. The van der Waals surface area contributed by atoms with Crippen LogP contribution in [0, 0.1) is 12.8 Å². The predicted octanol–water partition coefficient (Wildman–Crippen LogP) is 1.63. The Labute approximate surface area is 121 Å². The molecule has 2 unspecified atom stereocenters. The minimum Gasteiger partial charge on any atom is -0.383 e. The van der Waals surface area contributed by atoms with Crippen LogP contribution in [0.1, 0.15) is 37.1 Å². The van der Waals surface area contributed by atoms with Crippen LogP contribution in [0.5, 0.6) is 0 Å². The molecule has 2 N–H and O–H groups in total. The summed E-state index contributed by atoms with van der Waals surface area (Å²) >= 11 is 0. The molecule has 2 fully saturated rings. The molecule has 2 atom stereocenters. The lowest BCUT2D eigenvalue weighted by molar-refractivity contribution is 0.266. The van der Waals surface area contributed by atoms with Crippen LogP contribution in [0.4, 0.5) is 11.6 Å². The first-order valence-corrected chi connectivity index (χ1v) is 7.52. The van der Waals surface area contributed by atoms with Gasteiger partial charge in [-0.1, -0.05) is 6.92 Å². The minimum absolute atomic E-state index is 0.543. The maximum absolute atomic E-state index is 6.10. The zero-order valence-corrected chi connectivity index (χ0v) is 12.9. The number of rotatable bonds is 3. The van der Waals surface area contributed by atoms with E-state index in [1.165, 1.54) is 12.8 Å². The van der Waals surface area contributed by atoms with E-state index in [1.54, 1.807) is 0 Å². The van der Waals surface area contributed by atoms with Gasteiger partial charge in [0.1, 0.15) is 17.5 Å². The molecule has 1 aromatic heterocycles. The minimum atomic E-state index is 0.543. The third-order valence-corrected chi connectivity index (χ3v) is 4.65. The molecule has 1 aliphatic carbocycles. The van der Waals surface area contributed by atoms with Crippen LogP contribution in [0.15, 0.2) is 0 Å². The zero-order chi connectivity index (χ0) is 14.4. The van der Waals surface area contributed by atoms with Gasteiger partial charge in [-0.15, -0.1) is 0 Å². The fourth-order valence-corrected chi connectivity index (χ4v) is 3.17. The van der Waals surface area contributed by atoms with Gasteiger partial charge in [-0.3, -0.25) is 0 Å². The molecule has 5 nitrogen and oxygen atoms in total. The summed E-state index contributed by atoms with van der Waals surface area (Å²) in [5.74, 6) is 3.84. The molecule has 20 heavy (non-hydrogen) atoms. The highest BCUT2D eigenvalue weighted by atomic mass is 15.3. The van der Waals surface area contributed by atoms with Gasteiger partial charge in [0.05, 0.1) is 0 Å². The Bertz CT molecular complexity index is 509. The van der Waals surface area contributed by atoms with Crippen molar-refractivity contribution >= 4 is 11.6 Å². The maximum Gasteiger partial charge on any atom is 0.137 e. The van der Waals surface area contributed by atoms with E-state index in [0.717, 1.165) is 30.3 Å². The van der Waals surface area contributed by atoms with Crippen molar-refractivity contribution in [1.82, 2.24) is 14.9 Å². The zero-order valence-electron chi connectivity index (χ0n) is 12.9. The fraction of sp³-hybridized carbons (Fsp3) is 0.733. The summed E-state index contributed by atoms with van der Waals surface area (Å²) in [6, 6.07) is 0.579. The summed E-state index contributed by atoms with van der Waals surface area (Å²) in [5.41, 5.74) is 7.12. The monoisotopic (exact) mass is 275 g/mol. The van der Waals surface area contributed by atoms with Gasteiger partial charge in [0.25, 0.3) is 0 Å². The van der Waals surface area contributed by atoms with E-state index in [-0.39, 0.29) is 0 Å². The summed E-state index contributed by atoms with van der Waals surface area (Å²) in [6.45, 7) is 6.42. The lowest BCUT2D eigenvalue weighted by Gasteiger charge is -2.23. The van der Waals surface area contributed by atoms with E-state index in [1.807, 2.05) is 6.92 Å². The lowest BCUT2D eigenvalue weighted by atomic mass is 10.1. The van der Waals surface area contributed by atoms with Crippen molar-refractivity contribution in [2.75, 3.05) is 37.8 Å². The lowest BCUT2D eigenvalue weighted by Crippen LogP contribution is -2.34. The van der Waals surface area contributed by atoms with Crippen molar-refractivity contribution in [2.24, 2.45) is 5.92 Å². The Morgan fingerprint density at radius 1 is 1.20 bits per heavy atom. The number of nitrogen functional groups attached to an aromatic ring is 1. The average molecular weight is 275 g/mol. The molecular formula is C15H25N5. The summed E-state index contributed by atoms with van der Waals surface area (Å²) in [7, 11) is 4.31. The molecule has 0 bridgehead atoms. The summed E-state index contributed by atoms with van der Waals surface area (Å²) < 4.78 is 0. The first-order chi connectivity index (χ1) is 9.47. The molecular weight excluding hydrogens is 250 g/mol. The van der Waals surface area contributed by atoms with Crippen molar-refractivity contribution in [3.63, 3.8) is 0 Å². The third-order valence-electron chi connectivity index (χ3n) is 4.65. The van der Waals surface area contributed by atoms with Crippen molar-refractivity contribution in [2.45, 2.75) is 38.6 Å². The van der Waals surface area contributed by atoms with Crippen LogP contribution < -0.4 is 10.6 Å². The second-order valence-electron chi connectivity index (χ2n) is 6.60. The van der Waals surface area contributed by atoms with Gasteiger partial charge in [0, 0.05) is 30.6 Å². The van der Waals surface area contributed by atoms with E-state index >= 15 is 0 Å². The number of nitrogens with two attached hydrogens (primary N) is 1. The molecule has 0 radical (unpaired) electrons. The molecule has 2 heterocycles. The Morgan fingerprint density at radius 2 is 1.90 bits per heavy atom. The van der Waals surface area contributed by atoms with Gasteiger partial charge >= 0.3 is 0 Å². The highest BCUT2D eigenvalue weighted by Crippen LogP contribution is 2.40. The standard InChI is InChI=1S/C15H25N5/c1-9-7-20(8-12(9)19(3)4)15-10(2)13(16)17-14(18-15)11-5-6-11/h9,11-12H,5-8H2,1-4H3,(H2,16,17,18). The Hall–Kier alpha value is -1.36. The summed E-state index contributed by atoms with van der Waals surface area (Å²) in [4.78, 5) is 14.0. The van der Waals surface area contributed by atoms with Crippen molar-refractivity contribution in [1.29, 1.82) is 0 Å². The van der Waals surface area contributed by atoms with E-state index in [2.05, 4.69) is 35.8 Å². The van der Waals surface area contributed by atoms with Gasteiger partial charge < -0.3 is 15.5 Å². The summed E-state index contributed by atoms with van der Waals surface area (Å²) in [6.07, 6.45) is 2.41. The first kappa shape index (κ1) is 13.6. The number of aromatic nitrogens is 2. The molecule has 0 spiro atoms.